The molecule has 0 spiro atoms. The number of rotatable bonds is 4. The van der Waals surface area contributed by atoms with Crippen molar-refractivity contribution in [2.45, 2.75) is 91.1 Å². The van der Waals surface area contributed by atoms with Gasteiger partial charge in [-0.25, -0.2) is 0 Å². The number of nitrogens with zero attached hydrogens (tertiary/aromatic N) is 1. The molecule has 0 amide bonds. The van der Waals surface area contributed by atoms with Crippen molar-refractivity contribution in [1.82, 2.24) is 4.90 Å². The number of ether oxygens (including phenoxy) is 3. The Morgan fingerprint density at radius 2 is 1.85 bits per heavy atom. The lowest BCUT2D eigenvalue weighted by Crippen LogP contribution is -2.37. The van der Waals surface area contributed by atoms with Crippen LogP contribution in [0.1, 0.15) is 64.7 Å². The Morgan fingerprint density at radius 3 is 2.52 bits per heavy atom. The average Bonchev–Trinajstić information content (AvgIpc) is 2.92. The summed E-state index contributed by atoms with van der Waals surface area (Å²) in [5, 5.41) is 0. The molecule has 0 N–H and O–H groups in total. The van der Waals surface area contributed by atoms with E-state index in [1.165, 1.54) is 16.7 Å². The van der Waals surface area contributed by atoms with Crippen molar-refractivity contribution < 1.29 is 14.2 Å². The smallest absolute Gasteiger partial charge is 0.133 e. The first kappa shape index (κ1) is 20.4. The Labute approximate surface area is 164 Å². The third kappa shape index (κ3) is 5.56. The van der Waals surface area contributed by atoms with Gasteiger partial charge in [-0.05, 0) is 65.7 Å². The monoisotopic (exact) mass is 373 g/mol. The van der Waals surface area contributed by atoms with Crippen LogP contribution >= 0.6 is 0 Å². The number of benzene rings is 1. The Kier molecular flexibility index (Phi) is 5.72. The third-order valence-corrected chi connectivity index (χ3v) is 4.84. The highest BCUT2D eigenvalue weighted by Gasteiger charge is 2.41. The van der Waals surface area contributed by atoms with E-state index in [4.69, 9.17) is 14.2 Å². The summed E-state index contributed by atoms with van der Waals surface area (Å²) >= 11 is 0. The van der Waals surface area contributed by atoms with E-state index >= 15 is 0 Å². The van der Waals surface area contributed by atoms with Crippen molar-refractivity contribution >= 4 is 6.08 Å². The van der Waals surface area contributed by atoms with Gasteiger partial charge in [-0.15, -0.1) is 0 Å². The molecule has 0 saturated carbocycles. The van der Waals surface area contributed by atoms with E-state index in [0.29, 0.717) is 6.61 Å². The molecule has 1 fully saturated rings. The Hall–Kier alpha value is -1.36. The van der Waals surface area contributed by atoms with E-state index in [0.717, 1.165) is 13.0 Å². The van der Waals surface area contributed by atoms with E-state index in [9.17, 15) is 0 Å². The van der Waals surface area contributed by atoms with Crippen molar-refractivity contribution in [3.8, 4) is 0 Å². The van der Waals surface area contributed by atoms with Crippen molar-refractivity contribution in [3.63, 3.8) is 0 Å². The normalized spacial score (nSPS) is 25.7. The van der Waals surface area contributed by atoms with Gasteiger partial charge in [0.1, 0.15) is 12.3 Å². The maximum absolute atomic E-state index is 6.42. The van der Waals surface area contributed by atoms with Crippen LogP contribution in [-0.4, -0.2) is 41.1 Å². The molecule has 3 atom stereocenters. The van der Waals surface area contributed by atoms with Crippen LogP contribution in [0.3, 0.4) is 0 Å². The van der Waals surface area contributed by atoms with Crippen LogP contribution in [0.4, 0.5) is 0 Å². The molecule has 1 saturated heterocycles. The molecule has 4 heteroatoms. The molecule has 2 aliphatic rings. The van der Waals surface area contributed by atoms with Crippen molar-refractivity contribution in [3.05, 3.63) is 41.1 Å². The van der Waals surface area contributed by atoms with E-state index in [1.54, 1.807) is 0 Å². The summed E-state index contributed by atoms with van der Waals surface area (Å²) in [6, 6.07) is 6.64. The standard InChI is InChI=1S/C23H35NO3/c1-16-8-9-18-14-24(11-10-17(18)12-16)21-13-19(27-23(5,6)7)20(26-21)15-25-22(2,3)4/h8-12,19-21H,13-15H2,1-7H3/t19?,20-,21-/m1/s1. The predicted octanol–water partition coefficient (Wildman–Crippen LogP) is 4.90. The van der Waals surface area contributed by atoms with Gasteiger partial charge in [0.2, 0.25) is 0 Å². The predicted molar refractivity (Wildman–Crippen MR) is 109 cm³/mol. The average molecular weight is 374 g/mol. The van der Waals surface area contributed by atoms with Crippen molar-refractivity contribution in [2.24, 2.45) is 0 Å². The van der Waals surface area contributed by atoms with Gasteiger partial charge in [0, 0.05) is 19.2 Å². The quantitative estimate of drug-likeness (QED) is 0.751. The summed E-state index contributed by atoms with van der Waals surface area (Å²) < 4.78 is 18.8. The molecule has 0 bridgehead atoms. The molecular weight excluding hydrogens is 338 g/mol. The van der Waals surface area contributed by atoms with Crippen LogP contribution in [0.15, 0.2) is 24.4 Å². The summed E-state index contributed by atoms with van der Waals surface area (Å²) in [5.74, 6) is 0. The molecular formula is C23H35NO3. The molecule has 4 nitrogen and oxygen atoms in total. The van der Waals surface area contributed by atoms with Gasteiger partial charge < -0.3 is 19.1 Å². The molecule has 150 valence electrons. The molecule has 1 aromatic rings. The van der Waals surface area contributed by atoms with Crippen LogP contribution in [0.5, 0.6) is 0 Å². The number of aryl methyl sites for hydroxylation is 1. The second-order valence-corrected chi connectivity index (χ2v) is 9.75. The van der Waals surface area contributed by atoms with Crippen LogP contribution in [-0.2, 0) is 20.8 Å². The van der Waals surface area contributed by atoms with E-state index in [1.807, 2.05) is 0 Å². The Morgan fingerprint density at radius 1 is 1.11 bits per heavy atom. The van der Waals surface area contributed by atoms with E-state index in [2.05, 4.69) is 83.8 Å². The highest BCUT2D eigenvalue weighted by atomic mass is 16.6. The zero-order valence-corrected chi connectivity index (χ0v) is 17.9. The first-order chi connectivity index (χ1) is 12.5. The Bertz CT molecular complexity index is 684. The van der Waals surface area contributed by atoms with E-state index < -0.39 is 0 Å². The van der Waals surface area contributed by atoms with Gasteiger partial charge in [-0.3, -0.25) is 0 Å². The van der Waals surface area contributed by atoms with E-state index in [-0.39, 0.29) is 29.6 Å². The minimum Gasteiger partial charge on any atom is -0.373 e. The summed E-state index contributed by atoms with van der Waals surface area (Å²) in [7, 11) is 0. The lowest BCUT2D eigenvalue weighted by atomic mass is 10.0. The first-order valence-corrected chi connectivity index (χ1v) is 10.0. The van der Waals surface area contributed by atoms with Gasteiger partial charge in [0.25, 0.3) is 0 Å². The van der Waals surface area contributed by atoms with Crippen molar-refractivity contribution in [2.75, 3.05) is 6.61 Å². The van der Waals surface area contributed by atoms with Gasteiger partial charge >= 0.3 is 0 Å². The maximum Gasteiger partial charge on any atom is 0.133 e. The second kappa shape index (κ2) is 7.57. The summed E-state index contributed by atoms with van der Waals surface area (Å²) in [6.45, 7) is 16.1. The molecule has 1 aromatic carbocycles. The number of fused-ring (bicyclic) bond motifs is 1. The lowest BCUT2D eigenvalue weighted by Gasteiger charge is -2.31. The fourth-order valence-corrected chi connectivity index (χ4v) is 3.60. The SMILES string of the molecule is Cc1ccc2c(c1)C=CN([C@H]1CC(OC(C)(C)C)[C@@H](COC(C)(C)C)O1)C2. The molecule has 2 aliphatic heterocycles. The molecule has 2 heterocycles. The minimum atomic E-state index is -0.204. The van der Waals surface area contributed by atoms with Crippen LogP contribution in [0, 0.1) is 6.92 Å². The van der Waals surface area contributed by atoms with Gasteiger partial charge in [-0.2, -0.15) is 0 Å². The van der Waals surface area contributed by atoms with Gasteiger partial charge in [-0.1, -0.05) is 23.8 Å². The fourth-order valence-electron chi connectivity index (χ4n) is 3.60. The van der Waals surface area contributed by atoms with Crippen molar-refractivity contribution in [1.29, 1.82) is 0 Å². The molecule has 27 heavy (non-hydrogen) atoms. The summed E-state index contributed by atoms with van der Waals surface area (Å²) in [6.07, 6.45) is 5.19. The summed E-state index contributed by atoms with van der Waals surface area (Å²) in [4.78, 5) is 2.29. The largest absolute Gasteiger partial charge is 0.373 e. The van der Waals surface area contributed by atoms with Crippen LogP contribution < -0.4 is 0 Å². The molecule has 3 rings (SSSR count). The zero-order chi connectivity index (χ0) is 19.8. The first-order valence-electron chi connectivity index (χ1n) is 10.0. The second-order valence-electron chi connectivity index (χ2n) is 9.75. The topological polar surface area (TPSA) is 30.9 Å². The lowest BCUT2D eigenvalue weighted by molar-refractivity contribution is -0.136. The molecule has 0 aliphatic carbocycles. The fraction of sp³-hybridized carbons (Fsp3) is 0.652. The van der Waals surface area contributed by atoms with Gasteiger partial charge in [0.05, 0.1) is 23.9 Å². The van der Waals surface area contributed by atoms with Crippen LogP contribution in [0.25, 0.3) is 6.08 Å². The number of hydrogen-bond acceptors (Lipinski definition) is 4. The van der Waals surface area contributed by atoms with Gasteiger partial charge in [0.15, 0.2) is 0 Å². The molecule has 0 radical (unpaired) electrons. The highest BCUT2D eigenvalue weighted by Crippen LogP contribution is 2.33. The zero-order valence-electron chi connectivity index (χ0n) is 17.9. The molecule has 1 unspecified atom stereocenters. The summed E-state index contributed by atoms with van der Waals surface area (Å²) in [5.41, 5.74) is 3.55. The number of hydrogen-bond donors (Lipinski definition) is 0. The maximum atomic E-state index is 6.42. The Balaban J connectivity index is 1.70. The minimum absolute atomic E-state index is 0.0108. The highest BCUT2D eigenvalue weighted by molar-refractivity contribution is 5.56. The molecule has 0 aromatic heterocycles. The van der Waals surface area contributed by atoms with Crippen LogP contribution in [0.2, 0.25) is 0 Å². The third-order valence-electron chi connectivity index (χ3n) is 4.84.